The number of hydrogen-bond acceptors (Lipinski definition) is 4. The molecule has 3 heterocycles. The highest BCUT2D eigenvalue weighted by molar-refractivity contribution is 7.99. The summed E-state index contributed by atoms with van der Waals surface area (Å²) in [7, 11) is 0. The third-order valence-corrected chi connectivity index (χ3v) is 7.04. The largest absolute Gasteiger partial charge is 0.393 e. The molecule has 0 aliphatic carbocycles. The number of hydrogen-bond donors (Lipinski definition) is 1. The van der Waals surface area contributed by atoms with E-state index in [0.717, 1.165) is 19.4 Å². The Kier molecular flexibility index (Phi) is 4.49. The highest BCUT2D eigenvalue weighted by Gasteiger charge is 2.42. The van der Waals surface area contributed by atoms with Crippen LogP contribution < -0.4 is 0 Å². The average Bonchev–Trinajstić information content (AvgIpc) is 2.93. The van der Waals surface area contributed by atoms with Crippen molar-refractivity contribution in [3.8, 4) is 0 Å². The number of rotatable bonds is 2. The first kappa shape index (κ1) is 13.6. The molecule has 104 valence electrons. The van der Waals surface area contributed by atoms with Gasteiger partial charge in [-0.25, -0.2) is 0 Å². The van der Waals surface area contributed by atoms with Gasteiger partial charge in [0.25, 0.3) is 0 Å². The summed E-state index contributed by atoms with van der Waals surface area (Å²) >= 11 is 4.06. The van der Waals surface area contributed by atoms with Crippen LogP contribution >= 0.6 is 23.5 Å². The fourth-order valence-electron chi connectivity index (χ4n) is 3.66. The molecule has 0 aromatic rings. The van der Waals surface area contributed by atoms with Gasteiger partial charge in [-0.05, 0) is 67.0 Å². The molecule has 0 aromatic carbocycles. The topological polar surface area (TPSA) is 29.5 Å². The summed E-state index contributed by atoms with van der Waals surface area (Å²) in [4.78, 5) is 0. The standard InChI is InChI=1S/C14H24O2S2/c15-13(12-2-6-18-10-12)11-1-5-16-14(9-11)3-7-17-8-4-14/h11-13,15H,1-10H2. The minimum atomic E-state index is -0.0737. The average molecular weight is 288 g/mol. The second-order valence-corrected chi connectivity index (χ2v) is 8.39. The molecule has 0 aromatic heterocycles. The van der Waals surface area contributed by atoms with Gasteiger partial charge >= 0.3 is 0 Å². The van der Waals surface area contributed by atoms with Gasteiger partial charge in [0.2, 0.25) is 0 Å². The summed E-state index contributed by atoms with van der Waals surface area (Å²) in [6.45, 7) is 0.867. The van der Waals surface area contributed by atoms with Crippen LogP contribution in [0.5, 0.6) is 0 Å². The van der Waals surface area contributed by atoms with E-state index in [4.69, 9.17) is 4.74 Å². The quantitative estimate of drug-likeness (QED) is 0.846. The molecule has 3 saturated heterocycles. The lowest BCUT2D eigenvalue weighted by atomic mass is 9.76. The zero-order valence-electron chi connectivity index (χ0n) is 11.0. The highest BCUT2D eigenvalue weighted by atomic mass is 32.2. The molecular weight excluding hydrogens is 264 g/mol. The zero-order chi connectivity index (χ0) is 12.4. The molecule has 4 heteroatoms. The Morgan fingerprint density at radius 3 is 2.61 bits per heavy atom. The Balaban J connectivity index is 1.62. The van der Waals surface area contributed by atoms with Crippen molar-refractivity contribution in [3.05, 3.63) is 0 Å². The van der Waals surface area contributed by atoms with Gasteiger partial charge in [-0.3, -0.25) is 0 Å². The monoisotopic (exact) mass is 288 g/mol. The molecule has 3 atom stereocenters. The van der Waals surface area contributed by atoms with Gasteiger partial charge in [-0.2, -0.15) is 23.5 Å². The Morgan fingerprint density at radius 1 is 1.06 bits per heavy atom. The van der Waals surface area contributed by atoms with Gasteiger partial charge in [0, 0.05) is 6.61 Å². The highest BCUT2D eigenvalue weighted by Crippen LogP contribution is 2.42. The van der Waals surface area contributed by atoms with Crippen LogP contribution in [0, 0.1) is 11.8 Å². The number of ether oxygens (including phenoxy) is 1. The minimum absolute atomic E-state index is 0.0737. The Morgan fingerprint density at radius 2 is 1.89 bits per heavy atom. The molecule has 3 fully saturated rings. The van der Waals surface area contributed by atoms with E-state index in [2.05, 4.69) is 11.8 Å². The van der Waals surface area contributed by atoms with Crippen molar-refractivity contribution in [2.24, 2.45) is 11.8 Å². The van der Waals surface area contributed by atoms with Crippen LogP contribution in [0.3, 0.4) is 0 Å². The maximum Gasteiger partial charge on any atom is 0.0701 e. The van der Waals surface area contributed by atoms with Gasteiger partial charge in [0.1, 0.15) is 0 Å². The fourth-order valence-corrected chi connectivity index (χ4v) is 6.20. The van der Waals surface area contributed by atoms with Crippen LogP contribution in [-0.4, -0.2) is 46.4 Å². The summed E-state index contributed by atoms with van der Waals surface area (Å²) < 4.78 is 6.12. The lowest BCUT2D eigenvalue weighted by Crippen LogP contribution is -2.46. The van der Waals surface area contributed by atoms with Crippen molar-refractivity contribution in [2.45, 2.75) is 43.8 Å². The van der Waals surface area contributed by atoms with Crippen molar-refractivity contribution in [1.29, 1.82) is 0 Å². The van der Waals surface area contributed by atoms with Gasteiger partial charge in [-0.1, -0.05) is 0 Å². The van der Waals surface area contributed by atoms with Crippen molar-refractivity contribution in [2.75, 3.05) is 29.6 Å². The summed E-state index contributed by atoms with van der Waals surface area (Å²) in [5.74, 6) is 5.93. The number of aliphatic hydroxyl groups is 1. The third kappa shape index (κ3) is 2.87. The molecule has 1 N–H and O–H groups in total. The van der Waals surface area contributed by atoms with Gasteiger partial charge < -0.3 is 9.84 Å². The SMILES string of the molecule is OC(C1CCSC1)C1CCOC2(CCSCC2)C1. The molecule has 3 rings (SSSR count). The second kappa shape index (κ2) is 5.94. The number of aliphatic hydroxyl groups excluding tert-OH is 1. The van der Waals surface area contributed by atoms with E-state index >= 15 is 0 Å². The van der Waals surface area contributed by atoms with Crippen LogP contribution in [0.15, 0.2) is 0 Å². The van der Waals surface area contributed by atoms with E-state index in [1.807, 2.05) is 11.8 Å². The van der Waals surface area contributed by atoms with Crippen LogP contribution in [0.4, 0.5) is 0 Å². The predicted molar refractivity (Wildman–Crippen MR) is 79.4 cm³/mol. The first-order valence-corrected chi connectivity index (χ1v) is 9.58. The molecule has 2 nitrogen and oxygen atoms in total. The van der Waals surface area contributed by atoms with E-state index in [1.165, 1.54) is 42.3 Å². The molecule has 3 aliphatic heterocycles. The maximum absolute atomic E-state index is 10.6. The van der Waals surface area contributed by atoms with Crippen molar-refractivity contribution in [1.82, 2.24) is 0 Å². The lowest BCUT2D eigenvalue weighted by Gasteiger charge is -2.45. The molecule has 18 heavy (non-hydrogen) atoms. The minimum Gasteiger partial charge on any atom is -0.393 e. The van der Waals surface area contributed by atoms with E-state index in [9.17, 15) is 5.11 Å². The summed E-state index contributed by atoms with van der Waals surface area (Å²) in [5, 5.41) is 10.6. The fraction of sp³-hybridized carbons (Fsp3) is 1.00. The molecule has 0 amide bonds. The third-order valence-electron chi connectivity index (χ3n) is 4.87. The first-order chi connectivity index (χ1) is 8.79. The summed E-state index contributed by atoms with van der Waals surface area (Å²) in [6, 6.07) is 0. The molecule has 3 aliphatic rings. The van der Waals surface area contributed by atoms with Crippen molar-refractivity contribution < 1.29 is 9.84 Å². The number of thioether (sulfide) groups is 2. The smallest absolute Gasteiger partial charge is 0.0701 e. The van der Waals surface area contributed by atoms with Crippen LogP contribution in [0.25, 0.3) is 0 Å². The van der Waals surface area contributed by atoms with E-state index in [0.29, 0.717) is 11.8 Å². The molecule has 0 radical (unpaired) electrons. The van der Waals surface area contributed by atoms with E-state index < -0.39 is 0 Å². The Hall–Kier alpha value is 0.620. The van der Waals surface area contributed by atoms with Crippen LogP contribution in [0.1, 0.15) is 32.1 Å². The maximum atomic E-state index is 10.6. The second-order valence-electron chi connectivity index (χ2n) is 6.01. The predicted octanol–water partition coefficient (Wildman–Crippen LogP) is 2.79. The first-order valence-electron chi connectivity index (χ1n) is 7.27. The summed E-state index contributed by atoms with van der Waals surface area (Å²) in [5.41, 5.74) is 0.126. The van der Waals surface area contributed by atoms with Crippen molar-refractivity contribution >= 4 is 23.5 Å². The lowest BCUT2D eigenvalue weighted by molar-refractivity contribution is -0.125. The molecule has 0 saturated carbocycles. The molecular formula is C14H24O2S2. The Labute approximate surface area is 119 Å². The van der Waals surface area contributed by atoms with E-state index in [-0.39, 0.29) is 11.7 Å². The van der Waals surface area contributed by atoms with Gasteiger partial charge in [0.15, 0.2) is 0 Å². The van der Waals surface area contributed by atoms with Gasteiger partial charge in [-0.15, -0.1) is 0 Å². The molecule has 3 unspecified atom stereocenters. The van der Waals surface area contributed by atoms with Gasteiger partial charge in [0.05, 0.1) is 11.7 Å². The molecule has 1 spiro atoms. The van der Waals surface area contributed by atoms with Crippen molar-refractivity contribution in [3.63, 3.8) is 0 Å². The normalized spacial score (nSPS) is 37.8. The van der Waals surface area contributed by atoms with Crippen LogP contribution in [0.2, 0.25) is 0 Å². The Bertz CT molecular complexity index is 267. The van der Waals surface area contributed by atoms with Crippen LogP contribution in [-0.2, 0) is 4.74 Å². The van der Waals surface area contributed by atoms with E-state index in [1.54, 1.807) is 0 Å². The molecule has 0 bridgehead atoms. The zero-order valence-corrected chi connectivity index (χ0v) is 12.6. The summed E-state index contributed by atoms with van der Waals surface area (Å²) in [6.07, 6.45) is 5.70.